The van der Waals surface area contributed by atoms with Gasteiger partial charge in [-0.25, -0.2) is 0 Å². The molecule has 0 aromatic heterocycles. The number of hydrogen-bond acceptors (Lipinski definition) is 4. The van der Waals surface area contributed by atoms with Crippen molar-refractivity contribution in [2.75, 3.05) is 13.7 Å². The van der Waals surface area contributed by atoms with Crippen molar-refractivity contribution in [1.82, 2.24) is 4.90 Å². The summed E-state index contributed by atoms with van der Waals surface area (Å²) in [6.45, 7) is 2.28. The van der Waals surface area contributed by atoms with Gasteiger partial charge in [-0.05, 0) is 24.6 Å². The van der Waals surface area contributed by atoms with Gasteiger partial charge in [0.15, 0.2) is 6.10 Å². The van der Waals surface area contributed by atoms with Gasteiger partial charge in [0.05, 0.1) is 13.2 Å². The lowest BCUT2D eigenvalue weighted by Gasteiger charge is -2.33. The van der Waals surface area contributed by atoms with Gasteiger partial charge in [0.2, 0.25) is 0 Å². The number of methoxy groups -OCH3 is 1. The normalized spacial score (nSPS) is 30.8. The van der Waals surface area contributed by atoms with Crippen LogP contribution in [0.2, 0.25) is 0 Å². The number of ether oxygens (including phenoxy) is 2. The third kappa shape index (κ3) is 2.09. The van der Waals surface area contributed by atoms with E-state index in [1.165, 1.54) is 0 Å². The molecule has 1 aromatic rings. The average molecular weight is 263 g/mol. The second kappa shape index (κ2) is 4.51. The summed E-state index contributed by atoms with van der Waals surface area (Å²) in [5.74, 6) is 0.755. The highest BCUT2D eigenvalue weighted by molar-refractivity contribution is 5.85. The zero-order valence-electron chi connectivity index (χ0n) is 10.9. The molecular formula is C14H17NO4. The second-order valence-electron chi connectivity index (χ2n) is 5.03. The fraction of sp³-hybridized carbons (Fsp3) is 0.500. The summed E-state index contributed by atoms with van der Waals surface area (Å²) in [6, 6.07) is 7.52. The summed E-state index contributed by atoms with van der Waals surface area (Å²) in [5, 5.41) is 9.85. The molecule has 2 heterocycles. The number of benzene rings is 1. The Hall–Kier alpha value is -1.59. The molecule has 102 valence electrons. The van der Waals surface area contributed by atoms with Gasteiger partial charge in [-0.2, -0.15) is 0 Å². The summed E-state index contributed by atoms with van der Waals surface area (Å²) >= 11 is 0. The summed E-state index contributed by atoms with van der Waals surface area (Å²) in [4.78, 5) is 13.8. The molecule has 5 heteroatoms. The number of nitrogens with zero attached hydrogens (tertiary/aromatic N) is 1. The molecule has 1 aromatic carbocycles. The predicted octanol–water partition coefficient (Wildman–Crippen LogP) is 0.727. The van der Waals surface area contributed by atoms with E-state index >= 15 is 0 Å². The first-order valence-corrected chi connectivity index (χ1v) is 6.40. The van der Waals surface area contributed by atoms with Gasteiger partial charge in [0, 0.05) is 6.54 Å². The number of epoxide rings is 1. The molecule has 2 aliphatic heterocycles. The molecule has 2 aliphatic rings. The van der Waals surface area contributed by atoms with E-state index in [1.54, 1.807) is 12.0 Å². The lowest BCUT2D eigenvalue weighted by molar-refractivity contribution is -0.137. The van der Waals surface area contributed by atoms with E-state index in [4.69, 9.17) is 9.47 Å². The molecule has 0 unspecified atom stereocenters. The first-order valence-electron chi connectivity index (χ1n) is 6.40. The highest BCUT2D eigenvalue weighted by Gasteiger charge is 2.56. The zero-order chi connectivity index (χ0) is 13.6. The number of likely N-dealkylation sites (tertiary alicyclic amines) is 1. The molecule has 0 saturated carbocycles. The molecule has 2 saturated heterocycles. The number of carbonyl (C=O) groups excluding carboxylic acids is 1. The standard InChI is InChI=1S/C14H17NO4/c1-8(9-3-5-10(18-2)6-4-9)15-7-11(16)12-13(19-12)14(15)17/h3-6,8,11-13,16H,7H2,1-2H3/t8-,11+,12-,13-/m0/s1. The van der Waals surface area contributed by atoms with Gasteiger partial charge in [-0.15, -0.1) is 0 Å². The van der Waals surface area contributed by atoms with Crippen LogP contribution in [-0.4, -0.2) is 47.9 Å². The van der Waals surface area contributed by atoms with Gasteiger partial charge in [-0.3, -0.25) is 4.79 Å². The van der Waals surface area contributed by atoms with Crippen molar-refractivity contribution in [1.29, 1.82) is 0 Å². The average Bonchev–Trinajstić information content (AvgIpc) is 3.23. The molecular weight excluding hydrogens is 246 g/mol. The van der Waals surface area contributed by atoms with Crippen LogP contribution in [0.3, 0.4) is 0 Å². The number of fused-ring (bicyclic) bond motifs is 1. The lowest BCUT2D eigenvalue weighted by Crippen LogP contribution is -2.48. The fourth-order valence-corrected chi connectivity index (χ4v) is 2.59. The number of hydrogen-bond donors (Lipinski definition) is 1. The van der Waals surface area contributed by atoms with Crippen LogP contribution in [-0.2, 0) is 9.53 Å². The Balaban J connectivity index is 1.78. The maximum Gasteiger partial charge on any atom is 0.255 e. The zero-order valence-corrected chi connectivity index (χ0v) is 10.9. The molecule has 3 rings (SSSR count). The maximum atomic E-state index is 12.1. The fourth-order valence-electron chi connectivity index (χ4n) is 2.59. The second-order valence-corrected chi connectivity index (χ2v) is 5.03. The van der Waals surface area contributed by atoms with Crippen molar-refractivity contribution in [3.8, 4) is 5.75 Å². The summed E-state index contributed by atoms with van der Waals surface area (Å²) in [7, 11) is 1.62. The molecule has 0 aliphatic carbocycles. The van der Waals surface area contributed by atoms with E-state index in [-0.39, 0.29) is 18.1 Å². The van der Waals surface area contributed by atoms with Crippen molar-refractivity contribution in [2.45, 2.75) is 31.3 Å². The van der Waals surface area contributed by atoms with E-state index in [0.717, 1.165) is 11.3 Å². The van der Waals surface area contributed by atoms with Crippen LogP contribution in [0.5, 0.6) is 5.75 Å². The van der Waals surface area contributed by atoms with Gasteiger partial charge in [0.25, 0.3) is 5.91 Å². The van der Waals surface area contributed by atoms with Crippen LogP contribution < -0.4 is 4.74 Å². The largest absolute Gasteiger partial charge is 0.497 e. The van der Waals surface area contributed by atoms with E-state index in [9.17, 15) is 9.90 Å². The maximum absolute atomic E-state index is 12.1. The number of amides is 1. The third-order valence-electron chi connectivity index (χ3n) is 3.88. The molecule has 5 nitrogen and oxygen atoms in total. The number of carbonyl (C=O) groups is 1. The van der Waals surface area contributed by atoms with E-state index in [0.29, 0.717) is 6.54 Å². The van der Waals surface area contributed by atoms with Gasteiger partial charge in [0.1, 0.15) is 18.0 Å². The van der Waals surface area contributed by atoms with Crippen LogP contribution in [0.25, 0.3) is 0 Å². The number of β-amino-alcohol motifs (C(OH)–C–C–N with tert-alkyl or cyclic N) is 1. The SMILES string of the molecule is COc1ccc([C@H](C)N2C[C@@H](O)[C@@H]3O[C@@H]3C2=O)cc1. The summed E-state index contributed by atoms with van der Waals surface area (Å²) in [6.07, 6.45) is -1.31. The number of aliphatic hydroxyl groups excluding tert-OH is 1. The minimum absolute atomic E-state index is 0.0291. The van der Waals surface area contributed by atoms with Crippen LogP contribution in [0.1, 0.15) is 18.5 Å². The predicted molar refractivity (Wildman–Crippen MR) is 67.8 cm³/mol. The molecule has 2 fully saturated rings. The Kier molecular flexibility index (Phi) is 2.95. The van der Waals surface area contributed by atoms with Crippen molar-refractivity contribution in [3.63, 3.8) is 0 Å². The number of rotatable bonds is 3. The van der Waals surface area contributed by atoms with E-state index in [1.807, 2.05) is 31.2 Å². The van der Waals surface area contributed by atoms with Crippen molar-refractivity contribution in [3.05, 3.63) is 29.8 Å². The Labute approximate surface area is 111 Å². The summed E-state index contributed by atoms with van der Waals surface area (Å²) < 4.78 is 10.3. The monoisotopic (exact) mass is 263 g/mol. The topological polar surface area (TPSA) is 62.3 Å². The highest BCUT2D eigenvalue weighted by atomic mass is 16.6. The molecule has 0 radical (unpaired) electrons. The molecule has 0 bridgehead atoms. The van der Waals surface area contributed by atoms with Gasteiger partial charge >= 0.3 is 0 Å². The number of aliphatic hydroxyl groups is 1. The molecule has 4 atom stereocenters. The Morgan fingerprint density at radius 1 is 1.42 bits per heavy atom. The Morgan fingerprint density at radius 3 is 2.74 bits per heavy atom. The van der Waals surface area contributed by atoms with Crippen LogP contribution >= 0.6 is 0 Å². The van der Waals surface area contributed by atoms with E-state index in [2.05, 4.69) is 0 Å². The smallest absolute Gasteiger partial charge is 0.255 e. The Morgan fingerprint density at radius 2 is 2.11 bits per heavy atom. The van der Waals surface area contributed by atoms with Crippen LogP contribution in [0, 0.1) is 0 Å². The quantitative estimate of drug-likeness (QED) is 0.817. The molecule has 19 heavy (non-hydrogen) atoms. The molecule has 0 spiro atoms. The molecule has 1 N–H and O–H groups in total. The van der Waals surface area contributed by atoms with Crippen LogP contribution in [0.4, 0.5) is 0 Å². The third-order valence-corrected chi connectivity index (χ3v) is 3.88. The highest BCUT2D eigenvalue weighted by Crippen LogP contribution is 2.36. The number of piperidine rings is 1. The van der Waals surface area contributed by atoms with Crippen molar-refractivity contribution < 1.29 is 19.4 Å². The molecule has 1 amide bonds. The first kappa shape index (κ1) is 12.4. The lowest BCUT2D eigenvalue weighted by atomic mass is 10.0. The minimum Gasteiger partial charge on any atom is -0.497 e. The Bertz CT molecular complexity index is 487. The van der Waals surface area contributed by atoms with Crippen molar-refractivity contribution >= 4 is 5.91 Å². The van der Waals surface area contributed by atoms with Gasteiger partial charge in [-0.1, -0.05) is 12.1 Å². The van der Waals surface area contributed by atoms with Crippen molar-refractivity contribution in [2.24, 2.45) is 0 Å². The van der Waals surface area contributed by atoms with Crippen LogP contribution in [0.15, 0.2) is 24.3 Å². The summed E-state index contributed by atoms with van der Waals surface area (Å²) in [5.41, 5.74) is 1.01. The van der Waals surface area contributed by atoms with E-state index < -0.39 is 12.2 Å². The van der Waals surface area contributed by atoms with Gasteiger partial charge < -0.3 is 19.5 Å². The minimum atomic E-state index is -0.580. The first-order chi connectivity index (χ1) is 9.11.